The third-order valence-corrected chi connectivity index (χ3v) is 4.59. The molecule has 0 spiro atoms. The van der Waals surface area contributed by atoms with E-state index < -0.39 is 43.1 Å². The van der Waals surface area contributed by atoms with Crippen molar-refractivity contribution >= 4 is 14.0 Å². The number of halogens is 5. The number of anilines is 1. The second kappa shape index (κ2) is 5.23. The molecule has 2 nitrogen and oxygen atoms in total. The number of benzene rings is 1. The first kappa shape index (κ1) is 14.9. The number of hydrogen-bond donors (Lipinski definition) is 1. The van der Waals surface area contributed by atoms with E-state index in [4.69, 9.17) is 4.43 Å². The molecule has 0 aliphatic heterocycles. The molecule has 0 aliphatic rings. The van der Waals surface area contributed by atoms with Gasteiger partial charge in [-0.25, -0.2) is 22.0 Å². The molecule has 0 atom stereocenters. The average molecular weight is 285 g/mol. The Kier molecular flexibility index (Phi) is 4.33. The van der Waals surface area contributed by atoms with Gasteiger partial charge >= 0.3 is 0 Å². The summed E-state index contributed by atoms with van der Waals surface area (Å²) in [4.78, 5) is 0. The topological polar surface area (TPSA) is 21.3 Å². The van der Waals surface area contributed by atoms with Gasteiger partial charge in [0, 0.05) is 13.3 Å². The fraction of sp³-hybridized carbons (Fsp3) is 0.400. The summed E-state index contributed by atoms with van der Waals surface area (Å²) in [6.45, 7) is 3.46. The van der Waals surface area contributed by atoms with Crippen LogP contribution >= 0.6 is 0 Å². The highest BCUT2D eigenvalue weighted by Gasteiger charge is 2.28. The van der Waals surface area contributed by atoms with Crippen LogP contribution in [0.4, 0.5) is 27.6 Å². The van der Waals surface area contributed by atoms with Crippen LogP contribution in [0.5, 0.6) is 0 Å². The third-order valence-electron chi connectivity index (χ3n) is 2.45. The van der Waals surface area contributed by atoms with Gasteiger partial charge in [-0.3, -0.25) is 0 Å². The van der Waals surface area contributed by atoms with Crippen molar-refractivity contribution in [1.29, 1.82) is 0 Å². The molecule has 0 fully saturated rings. The monoisotopic (exact) mass is 285 g/mol. The lowest BCUT2D eigenvalue weighted by Crippen LogP contribution is -2.38. The SMILES string of the molecule is CO[Si](C)(C)CNc1c(F)c(F)c(F)c(F)c1F. The molecule has 1 aromatic carbocycles. The molecule has 0 saturated carbocycles. The van der Waals surface area contributed by atoms with E-state index in [2.05, 4.69) is 5.32 Å². The molecule has 0 saturated heterocycles. The molecular weight excluding hydrogens is 273 g/mol. The first-order chi connectivity index (χ1) is 8.21. The van der Waals surface area contributed by atoms with Crippen LogP contribution in [0.25, 0.3) is 0 Å². The minimum atomic E-state index is -2.24. The average Bonchev–Trinajstić information content (AvgIpc) is 2.34. The van der Waals surface area contributed by atoms with Crippen molar-refractivity contribution < 1.29 is 26.4 Å². The van der Waals surface area contributed by atoms with Crippen LogP contribution in [0.2, 0.25) is 13.1 Å². The van der Waals surface area contributed by atoms with Gasteiger partial charge in [0.25, 0.3) is 0 Å². The zero-order chi connectivity index (χ0) is 14.1. The highest BCUT2D eigenvalue weighted by atomic mass is 28.4. The van der Waals surface area contributed by atoms with E-state index in [1.54, 1.807) is 13.1 Å². The fourth-order valence-corrected chi connectivity index (χ4v) is 1.88. The Balaban J connectivity index is 3.11. The van der Waals surface area contributed by atoms with Gasteiger partial charge < -0.3 is 9.74 Å². The molecule has 1 N–H and O–H groups in total. The minimum Gasteiger partial charge on any atom is -0.419 e. The van der Waals surface area contributed by atoms with Gasteiger partial charge in [-0.2, -0.15) is 0 Å². The predicted octanol–water partition coefficient (Wildman–Crippen LogP) is 3.18. The van der Waals surface area contributed by atoms with Crippen LogP contribution in [-0.4, -0.2) is 21.6 Å². The second-order valence-electron chi connectivity index (χ2n) is 4.26. The van der Waals surface area contributed by atoms with Crippen LogP contribution in [0.15, 0.2) is 0 Å². The smallest absolute Gasteiger partial charge is 0.204 e. The van der Waals surface area contributed by atoms with Crippen LogP contribution < -0.4 is 5.32 Å². The van der Waals surface area contributed by atoms with Gasteiger partial charge in [0.1, 0.15) is 5.69 Å². The van der Waals surface area contributed by atoms with E-state index >= 15 is 0 Å². The minimum absolute atomic E-state index is 0.0157. The molecule has 18 heavy (non-hydrogen) atoms. The molecule has 0 aliphatic carbocycles. The first-order valence-electron chi connectivity index (χ1n) is 5.01. The molecule has 102 valence electrons. The highest BCUT2D eigenvalue weighted by molar-refractivity contribution is 6.71. The number of hydrogen-bond acceptors (Lipinski definition) is 2. The summed E-state index contributed by atoms with van der Waals surface area (Å²) < 4.78 is 70.2. The molecule has 1 rings (SSSR count). The Morgan fingerprint density at radius 1 is 0.889 bits per heavy atom. The van der Waals surface area contributed by atoms with Crippen LogP contribution in [0, 0.1) is 29.1 Å². The molecular formula is C10H12F5NOSi. The number of nitrogens with one attached hydrogen (secondary N) is 1. The standard InChI is InChI=1S/C10H12F5NOSi/c1-17-18(2,3)4-16-10-8(14)6(12)5(11)7(13)9(10)15/h16H,4H2,1-3H3. The van der Waals surface area contributed by atoms with Crippen molar-refractivity contribution in [2.45, 2.75) is 13.1 Å². The van der Waals surface area contributed by atoms with Gasteiger partial charge in [0.15, 0.2) is 23.3 Å². The molecule has 8 heteroatoms. The van der Waals surface area contributed by atoms with E-state index in [9.17, 15) is 22.0 Å². The van der Waals surface area contributed by atoms with Crippen molar-refractivity contribution in [2.75, 3.05) is 18.6 Å². The zero-order valence-corrected chi connectivity index (χ0v) is 11.0. The second-order valence-corrected chi connectivity index (χ2v) is 8.54. The quantitative estimate of drug-likeness (QED) is 0.397. The van der Waals surface area contributed by atoms with Crippen LogP contribution in [0.3, 0.4) is 0 Å². The molecule has 0 unspecified atom stereocenters. The maximum atomic E-state index is 13.3. The number of rotatable bonds is 4. The van der Waals surface area contributed by atoms with E-state index in [1.807, 2.05) is 0 Å². The lowest BCUT2D eigenvalue weighted by atomic mass is 10.2. The predicted molar refractivity (Wildman–Crippen MR) is 59.2 cm³/mol. The third kappa shape index (κ3) is 2.81. The summed E-state index contributed by atoms with van der Waals surface area (Å²) in [5.41, 5.74) is -1.02. The largest absolute Gasteiger partial charge is 0.419 e. The fourth-order valence-electron chi connectivity index (χ4n) is 1.13. The summed E-state index contributed by atoms with van der Waals surface area (Å²) in [5.74, 6) is -9.83. The summed E-state index contributed by atoms with van der Waals surface area (Å²) in [7, 11) is -0.814. The van der Waals surface area contributed by atoms with Gasteiger partial charge in [-0.1, -0.05) is 0 Å². The molecule has 0 radical (unpaired) electrons. The molecule has 0 amide bonds. The van der Waals surface area contributed by atoms with Crippen molar-refractivity contribution in [2.24, 2.45) is 0 Å². The van der Waals surface area contributed by atoms with Crippen molar-refractivity contribution in [1.82, 2.24) is 0 Å². The first-order valence-corrected chi connectivity index (χ1v) is 8.13. The molecule has 0 heterocycles. The van der Waals surface area contributed by atoms with Gasteiger partial charge in [-0.15, -0.1) is 0 Å². The lowest BCUT2D eigenvalue weighted by Gasteiger charge is -2.21. The molecule has 1 aromatic rings. The van der Waals surface area contributed by atoms with Crippen molar-refractivity contribution in [3.8, 4) is 0 Å². The maximum Gasteiger partial charge on any atom is 0.204 e. The Morgan fingerprint density at radius 3 is 1.67 bits per heavy atom. The Bertz CT molecular complexity index is 437. The van der Waals surface area contributed by atoms with Gasteiger partial charge in [0.2, 0.25) is 14.1 Å². The van der Waals surface area contributed by atoms with Crippen molar-refractivity contribution in [3.63, 3.8) is 0 Å². The molecule has 0 aromatic heterocycles. The lowest BCUT2D eigenvalue weighted by molar-refractivity contribution is 0.381. The summed E-state index contributed by atoms with van der Waals surface area (Å²) >= 11 is 0. The summed E-state index contributed by atoms with van der Waals surface area (Å²) in [6.07, 6.45) is 0.0157. The normalized spacial score (nSPS) is 11.8. The summed E-state index contributed by atoms with van der Waals surface area (Å²) in [6, 6.07) is 0. The van der Waals surface area contributed by atoms with E-state index in [0.29, 0.717) is 0 Å². The Morgan fingerprint density at radius 2 is 1.28 bits per heavy atom. The van der Waals surface area contributed by atoms with E-state index in [-0.39, 0.29) is 6.17 Å². The van der Waals surface area contributed by atoms with E-state index in [0.717, 1.165) is 0 Å². The van der Waals surface area contributed by atoms with Crippen molar-refractivity contribution in [3.05, 3.63) is 29.1 Å². The maximum absolute atomic E-state index is 13.3. The highest BCUT2D eigenvalue weighted by Crippen LogP contribution is 2.27. The Hall–Kier alpha value is -1.15. The van der Waals surface area contributed by atoms with E-state index in [1.165, 1.54) is 7.11 Å². The summed E-state index contributed by atoms with van der Waals surface area (Å²) in [5, 5.41) is 2.22. The van der Waals surface area contributed by atoms with Gasteiger partial charge in [0.05, 0.1) is 0 Å². The van der Waals surface area contributed by atoms with Gasteiger partial charge in [-0.05, 0) is 13.1 Å². The Labute approximate surface area is 102 Å². The zero-order valence-electron chi connectivity index (χ0n) is 10.0. The molecule has 0 bridgehead atoms. The van der Waals surface area contributed by atoms with Crippen LogP contribution in [0.1, 0.15) is 0 Å². The van der Waals surface area contributed by atoms with Crippen LogP contribution in [-0.2, 0) is 4.43 Å².